The molecule has 110 valence electrons. The molecule has 2 rings (SSSR count). The Morgan fingerprint density at radius 1 is 1.45 bits per heavy atom. The number of carbonyl (C=O) groups is 2. The Morgan fingerprint density at radius 3 is 2.70 bits per heavy atom. The van der Waals surface area contributed by atoms with Gasteiger partial charge in [0, 0.05) is 19.0 Å². The van der Waals surface area contributed by atoms with Gasteiger partial charge in [-0.15, -0.1) is 10.2 Å². The predicted octanol–water partition coefficient (Wildman–Crippen LogP) is 0.167. The van der Waals surface area contributed by atoms with Gasteiger partial charge in [-0.1, -0.05) is 23.1 Å². The number of aryl methyl sites for hydroxylation is 1. The first kappa shape index (κ1) is 15.2. The summed E-state index contributed by atoms with van der Waals surface area (Å²) in [7, 11) is 0. The minimum absolute atomic E-state index is 0.0782. The number of hydrogen-bond acceptors (Lipinski definition) is 7. The third-order valence-electron chi connectivity index (χ3n) is 3.19. The second-order valence-corrected chi connectivity index (χ2v) is 6.94. The molecule has 3 N–H and O–H groups in total. The van der Waals surface area contributed by atoms with Crippen LogP contribution in [0.15, 0.2) is 4.34 Å². The standard InChI is InChI=1S/C11H17N5O2S2/c1-7-14-15-11(20-7)19-6-9(17)16-4-2-8(3-5-16)10(18)13-12/h8H,2-6,12H2,1H3,(H,13,18). The van der Waals surface area contributed by atoms with Crippen molar-refractivity contribution in [2.45, 2.75) is 24.1 Å². The summed E-state index contributed by atoms with van der Waals surface area (Å²) in [5.74, 6) is 5.33. The summed E-state index contributed by atoms with van der Waals surface area (Å²) in [6.07, 6.45) is 1.33. The van der Waals surface area contributed by atoms with Gasteiger partial charge in [0.05, 0.1) is 5.75 Å². The Kier molecular flexibility index (Phi) is 5.32. The topological polar surface area (TPSA) is 101 Å². The highest BCUT2D eigenvalue weighted by atomic mass is 32.2. The largest absolute Gasteiger partial charge is 0.342 e. The van der Waals surface area contributed by atoms with E-state index in [1.807, 2.05) is 6.92 Å². The van der Waals surface area contributed by atoms with E-state index in [1.165, 1.54) is 23.1 Å². The van der Waals surface area contributed by atoms with Crippen molar-refractivity contribution >= 4 is 34.9 Å². The molecular formula is C11H17N5O2S2. The van der Waals surface area contributed by atoms with Gasteiger partial charge in [0.2, 0.25) is 11.8 Å². The zero-order valence-corrected chi connectivity index (χ0v) is 12.8. The minimum atomic E-state index is -0.143. The van der Waals surface area contributed by atoms with E-state index in [9.17, 15) is 9.59 Å². The molecule has 2 amide bonds. The van der Waals surface area contributed by atoms with Crippen LogP contribution in [-0.4, -0.2) is 45.8 Å². The molecule has 7 nitrogen and oxygen atoms in total. The molecule has 0 radical (unpaired) electrons. The van der Waals surface area contributed by atoms with Crippen LogP contribution in [0.5, 0.6) is 0 Å². The molecular weight excluding hydrogens is 298 g/mol. The van der Waals surface area contributed by atoms with Crippen molar-refractivity contribution in [3.05, 3.63) is 5.01 Å². The van der Waals surface area contributed by atoms with Crippen molar-refractivity contribution in [3.8, 4) is 0 Å². The average molecular weight is 315 g/mol. The molecule has 20 heavy (non-hydrogen) atoms. The van der Waals surface area contributed by atoms with Gasteiger partial charge < -0.3 is 4.90 Å². The van der Waals surface area contributed by atoms with Gasteiger partial charge in [0.1, 0.15) is 5.01 Å². The Hall–Kier alpha value is -1.19. The van der Waals surface area contributed by atoms with Gasteiger partial charge in [-0.25, -0.2) is 5.84 Å². The zero-order chi connectivity index (χ0) is 14.5. The summed E-state index contributed by atoms with van der Waals surface area (Å²) in [5.41, 5.74) is 2.17. The molecule has 9 heteroatoms. The Bertz CT molecular complexity index is 485. The molecule has 0 aromatic carbocycles. The van der Waals surface area contributed by atoms with Crippen molar-refractivity contribution in [2.75, 3.05) is 18.8 Å². The first-order chi connectivity index (χ1) is 9.60. The molecule has 0 saturated carbocycles. The molecule has 0 atom stereocenters. The van der Waals surface area contributed by atoms with E-state index in [-0.39, 0.29) is 17.7 Å². The number of amides is 2. The number of nitrogens with one attached hydrogen (secondary N) is 1. The van der Waals surface area contributed by atoms with E-state index in [2.05, 4.69) is 15.6 Å². The van der Waals surface area contributed by atoms with Gasteiger partial charge in [-0.05, 0) is 19.8 Å². The predicted molar refractivity (Wildman–Crippen MR) is 77.0 cm³/mol. The van der Waals surface area contributed by atoms with E-state index in [4.69, 9.17) is 5.84 Å². The van der Waals surface area contributed by atoms with Crippen LogP contribution in [-0.2, 0) is 9.59 Å². The zero-order valence-electron chi connectivity index (χ0n) is 11.2. The maximum Gasteiger partial charge on any atom is 0.237 e. The number of piperidine rings is 1. The number of rotatable bonds is 4. The van der Waals surface area contributed by atoms with Gasteiger partial charge in [0.25, 0.3) is 0 Å². The normalized spacial score (nSPS) is 16.2. The number of hydrazine groups is 1. The average Bonchev–Trinajstić information content (AvgIpc) is 2.89. The smallest absolute Gasteiger partial charge is 0.237 e. The lowest BCUT2D eigenvalue weighted by molar-refractivity contribution is -0.133. The van der Waals surface area contributed by atoms with Crippen LogP contribution >= 0.6 is 23.1 Å². The number of hydrogen-bond donors (Lipinski definition) is 2. The molecule has 1 aromatic heterocycles. The van der Waals surface area contributed by atoms with Gasteiger partial charge in [-0.3, -0.25) is 15.0 Å². The molecule has 0 spiro atoms. The third kappa shape index (κ3) is 3.90. The third-order valence-corrected chi connectivity index (χ3v) is 5.14. The summed E-state index contributed by atoms with van der Waals surface area (Å²) in [4.78, 5) is 25.3. The van der Waals surface area contributed by atoms with Crippen LogP contribution < -0.4 is 11.3 Å². The fourth-order valence-corrected chi connectivity index (χ4v) is 3.78. The van der Waals surface area contributed by atoms with Crippen molar-refractivity contribution in [2.24, 2.45) is 11.8 Å². The Morgan fingerprint density at radius 2 is 2.15 bits per heavy atom. The first-order valence-corrected chi connectivity index (χ1v) is 8.11. The summed E-state index contributed by atoms with van der Waals surface area (Å²) in [6, 6.07) is 0. The highest BCUT2D eigenvalue weighted by molar-refractivity contribution is 8.01. The quantitative estimate of drug-likeness (QED) is 0.355. The number of thioether (sulfide) groups is 1. The van der Waals surface area contributed by atoms with Gasteiger partial charge in [-0.2, -0.15) is 0 Å². The first-order valence-electron chi connectivity index (χ1n) is 6.31. The summed E-state index contributed by atoms with van der Waals surface area (Å²) in [6.45, 7) is 3.09. The van der Waals surface area contributed by atoms with Crippen LogP contribution in [0.25, 0.3) is 0 Å². The Labute approximate surface area is 125 Å². The maximum absolute atomic E-state index is 12.1. The lowest BCUT2D eigenvalue weighted by atomic mass is 9.96. The summed E-state index contributed by atoms with van der Waals surface area (Å²) >= 11 is 2.90. The van der Waals surface area contributed by atoms with E-state index >= 15 is 0 Å². The van der Waals surface area contributed by atoms with Crippen molar-refractivity contribution in [3.63, 3.8) is 0 Å². The number of aromatic nitrogens is 2. The highest BCUT2D eigenvalue weighted by Gasteiger charge is 2.26. The van der Waals surface area contributed by atoms with Gasteiger partial charge in [0.15, 0.2) is 4.34 Å². The van der Waals surface area contributed by atoms with Crippen LogP contribution in [0.3, 0.4) is 0 Å². The number of likely N-dealkylation sites (tertiary alicyclic amines) is 1. The molecule has 1 aliphatic heterocycles. The van der Waals surface area contributed by atoms with Crippen molar-refractivity contribution < 1.29 is 9.59 Å². The lowest BCUT2D eigenvalue weighted by Crippen LogP contribution is -2.45. The van der Waals surface area contributed by atoms with Crippen molar-refractivity contribution in [1.82, 2.24) is 20.5 Å². The maximum atomic E-state index is 12.1. The monoisotopic (exact) mass is 315 g/mol. The summed E-state index contributed by atoms with van der Waals surface area (Å²) in [5, 5.41) is 8.78. The second kappa shape index (κ2) is 7.00. The summed E-state index contributed by atoms with van der Waals surface area (Å²) < 4.78 is 0.813. The van der Waals surface area contributed by atoms with E-state index in [1.54, 1.807) is 4.90 Å². The minimum Gasteiger partial charge on any atom is -0.342 e. The second-order valence-electron chi connectivity index (χ2n) is 4.54. The Balaban J connectivity index is 1.76. The molecule has 2 heterocycles. The molecule has 1 fully saturated rings. The van der Waals surface area contributed by atoms with Crippen molar-refractivity contribution in [1.29, 1.82) is 0 Å². The fourth-order valence-electron chi connectivity index (χ4n) is 2.06. The number of nitrogens with two attached hydrogens (primary N) is 1. The van der Waals surface area contributed by atoms with E-state index in [0.717, 1.165) is 9.35 Å². The number of carbonyl (C=O) groups excluding carboxylic acids is 2. The fraction of sp³-hybridized carbons (Fsp3) is 0.636. The molecule has 0 bridgehead atoms. The molecule has 0 aliphatic carbocycles. The SMILES string of the molecule is Cc1nnc(SCC(=O)N2CCC(C(=O)NN)CC2)s1. The van der Waals surface area contributed by atoms with Crippen LogP contribution in [0.4, 0.5) is 0 Å². The molecule has 1 aromatic rings. The van der Waals surface area contributed by atoms with Crippen LogP contribution in [0.2, 0.25) is 0 Å². The van der Waals surface area contributed by atoms with E-state index < -0.39 is 0 Å². The molecule has 1 saturated heterocycles. The van der Waals surface area contributed by atoms with Gasteiger partial charge >= 0.3 is 0 Å². The van der Waals surface area contributed by atoms with Crippen LogP contribution in [0.1, 0.15) is 17.8 Å². The lowest BCUT2D eigenvalue weighted by Gasteiger charge is -2.30. The van der Waals surface area contributed by atoms with Crippen LogP contribution in [0, 0.1) is 12.8 Å². The number of nitrogens with zero attached hydrogens (tertiary/aromatic N) is 3. The highest BCUT2D eigenvalue weighted by Crippen LogP contribution is 2.23. The molecule has 1 aliphatic rings. The molecule has 0 unspecified atom stereocenters. The van der Waals surface area contributed by atoms with E-state index in [0.29, 0.717) is 31.7 Å².